The first-order valence-electron chi connectivity index (χ1n) is 5.56. The Morgan fingerprint density at radius 2 is 2.13 bits per heavy atom. The molecular weight excluding hydrogens is 186 g/mol. The van der Waals surface area contributed by atoms with E-state index >= 15 is 0 Å². The molecule has 0 spiro atoms. The molecule has 1 atom stereocenters. The molecule has 1 heterocycles. The highest BCUT2D eigenvalue weighted by Crippen LogP contribution is 2.25. The summed E-state index contributed by atoms with van der Waals surface area (Å²) in [6, 6.07) is 8.24. The lowest BCUT2D eigenvalue weighted by molar-refractivity contribution is -0.122. The Morgan fingerprint density at radius 3 is 2.87 bits per heavy atom. The van der Waals surface area contributed by atoms with Crippen LogP contribution in [0, 0.1) is 5.92 Å². The zero-order chi connectivity index (χ0) is 10.8. The van der Waals surface area contributed by atoms with Gasteiger partial charge in [0.15, 0.2) is 5.78 Å². The molecule has 0 aliphatic carbocycles. The topological polar surface area (TPSA) is 29.1 Å². The van der Waals surface area contributed by atoms with Gasteiger partial charge in [0.05, 0.1) is 6.04 Å². The van der Waals surface area contributed by atoms with Crippen molar-refractivity contribution in [2.45, 2.75) is 32.7 Å². The Morgan fingerprint density at radius 1 is 1.40 bits per heavy atom. The molecule has 2 nitrogen and oxygen atoms in total. The number of benzene rings is 1. The Balaban J connectivity index is 2.15. The molecule has 0 unspecified atom stereocenters. The Bertz CT molecular complexity index is 371. The summed E-state index contributed by atoms with van der Waals surface area (Å²) in [6.45, 7) is 3.93. The van der Waals surface area contributed by atoms with Crippen molar-refractivity contribution in [2.24, 2.45) is 5.92 Å². The van der Waals surface area contributed by atoms with Crippen LogP contribution >= 0.6 is 0 Å². The van der Waals surface area contributed by atoms with Crippen LogP contribution in [-0.2, 0) is 11.2 Å². The van der Waals surface area contributed by atoms with Crippen molar-refractivity contribution in [1.29, 1.82) is 0 Å². The molecule has 1 aliphatic rings. The normalized spacial score (nSPS) is 19.5. The van der Waals surface area contributed by atoms with E-state index in [2.05, 4.69) is 17.4 Å². The van der Waals surface area contributed by atoms with E-state index in [1.807, 2.05) is 26.0 Å². The fourth-order valence-electron chi connectivity index (χ4n) is 2.05. The number of carbonyl (C=O) groups excluding carboxylic acids is 1. The van der Waals surface area contributed by atoms with Gasteiger partial charge in [-0.05, 0) is 24.5 Å². The molecule has 1 aliphatic heterocycles. The van der Waals surface area contributed by atoms with Gasteiger partial charge in [0.1, 0.15) is 0 Å². The van der Waals surface area contributed by atoms with E-state index in [0.717, 1.165) is 18.5 Å². The van der Waals surface area contributed by atoms with Crippen LogP contribution in [0.25, 0.3) is 0 Å². The smallest absolute Gasteiger partial charge is 0.157 e. The molecule has 80 valence electrons. The SMILES string of the molecule is CC(C)C(=O)[C@@H]1CCc2ccccc2N1. The molecule has 0 fully saturated rings. The van der Waals surface area contributed by atoms with E-state index < -0.39 is 0 Å². The van der Waals surface area contributed by atoms with Crippen LogP contribution < -0.4 is 5.32 Å². The number of hydrogen-bond acceptors (Lipinski definition) is 2. The van der Waals surface area contributed by atoms with Gasteiger partial charge in [-0.1, -0.05) is 32.0 Å². The first-order chi connectivity index (χ1) is 7.18. The van der Waals surface area contributed by atoms with Gasteiger partial charge in [0, 0.05) is 11.6 Å². The molecule has 0 bridgehead atoms. The third-order valence-corrected chi connectivity index (χ3v) is 2.96. The lowest BCUT2D eigenvalue weighted by Crippen LogP contribution is -2.36. The second kappa shape index (κ2) is 4.05. The lowest BCUT2D eigenvalue weighted by atomic mass is 9.91. The van der Waals surface area contributed by atoms with E-state index in [0.29, 0.717) is 5.78 Å². The zero-order valence-corrected chi connectivity index (χ0v) is 9.29. The highest BCUT2D eigenvalue weighted by Gasteiger charge is 2.24. The number of aryl methyl sites for hydroxylation is 1. The van der Waals surface area contributed by atoms with Crippen LogP contribution in [0.1, 0.15) is 25.8 Å². The van der Waals surface area contributed by atoms with Gasteiger partial charge in [-0.2, -0.15) is 0 Å². The maximum atomic E-state index is 11.8. The molecule has 0 aromatic heterocycles. The van der Waals surface area contributed by atoms with Gasteiger partial charge in [0.25, 0.3) is 0 Å². The van der Waals surface area contributed by atoms with Crippen LogP contribution in [0.5, 0.6) is 0 Å². The summed E-state index contributed by atoms with van der Waals surface area (Å²) < 4.78 is 0. The summed E-state index contributed by atoms with van der Waals surface area (Å²) in [6.07, 6.45) is 1.93. The van der Waals surface area contributed by atoms with Crippen molar-refractivity contribution < 1.29 is 4.79 Å². The predicted molar refractivity (Wildman–Crippen MR) is 62.0 cm³/mol. The number of hydrogen-bond donors (Lipinski definition) is 1. The van der Waals surface area contributed by atoms with Crippen LogP contribution in [0.2, 0.25) is 0 Å². The van der Waals surface area contributed by atoms with Crippen molar-refractivity contribution >= 4 is 11.5 Å². The fourth-order valence-corrected chi connectivity index (χ4v) is 2.05. The van der Waals surface area contributed by atoms with E-state index in [1.54, 1.807) is 0 Å². The van der Waals surface area contributed by atoms with E-state index in [9.17, 15) is 4.79 Å². The van der Waals surface area contributed by atoms with Gasteiger partial charge >= 0.3 is 0 Å². The van der Waals surface area contributed by atoms with Crippen LogP contribution in [0.4, 0.5) is 5.69 Å². The lowest BCUT2D eigenvalue weighted by Gasteiger charge is -2.27. The summed E-state index contributed by atoms with van der Waals surface area (Å²) in [5, 5.41) is 3.33. The molecule has 2 heteroatoms. The standard InChI is InChI=1S/C13H17NO/c1-9(2)13(15)12-8-7-10-5-3-4-6-11(10)14-12/h3-6,9,12,14H,7-8H2,1-2H3/t12-/m0/s1. The number of rotatable bonds is 2. The highest BCUT2D eigenvalue weighted by molar-refractivity contribution is 5.89. The van der Waals surface area contributed by atoms with Gasteiger partial charge in [-0.3, -0.25) is 4.79 Å². The van der Waals surface area contributed by atoms with Gasteiger partial charge in [-0.15, -0.1) is 0 Å². The first kappa shape index (κ1) is 10.2. The molecule has 0 amide bonds. The van der Waals surface area contributed by atoms with Crippen molar-refractivity contribution in [3.05, 3.63) is 29.8 Å². The van der Waals surface area contributed by atoms with Gasteiger partial charge in [-0.25, -0.2) is 0 Å². The summed E-state index contributed by atoms with van der Waals surface area (Å²) in [4.78, 5) is 11.8. The number of anilines is 1. The minimum Gasteiger partial charge on any atom is -0.375 e. The molecule has 1 aromatic rings. The van der Waals surface area contributed by atoms with Crippen LogP contribution in [-0.4, -0.2) is 11.8 Å². The van der Waals surface area contributed by atoms with Crippen molar-refractivity contribution in [2.75, 3.05) is 5.32 Å². The first-order valence-corrected chi connectivity index (χ1v) is 5.56. The molecule has 0 saturated carbocycles. The zero-order valence-electron chi connectivity index (χ0n) is 9.29. The Hall–Kier alpha value is -1.31. The molecule has 2 rings (SSSR count). The number of carbonyl (C=O) groups is 1. The van der Waals surface area contributed by atoms with Gasteiger partial charge in [0.2, 0.25) is 0 Å². The van der Waals surface area contributed by atoms with E-state index in [4.69, 9.17) is 0 Å². The average Bonchev–Trinajstić information content (AvgIpc) is 2.27. The summed E-state index contributed by atoms with van der Waals surface area (Å²) in [5.41, 5.74) is 2.45. The second-order valence-electron chi connectivity index (χ2n) is 4.45. The van der Waals surface area contributed by atoms with Crippen LogP contribution in [0.3, 0.4) is 0 Å². The summed E-state index contributed by atoms with van der Waals surface area (Å²) in [7, 11) is 0. The molecule has 1 N–H and O–H groups in total. The number of fused-ring (bicyclic) bond motifs is 1. The summed E-state index contributed by atoms with van der Waals surface area (Å²) in [5.74, 6) is 0.442. The maximum absolute atomic E-state index is 11.8. The third-order valence-electron chi connectivity index (χ3n) is 2.96. The average molecular weight is 203 g/mol. The summed E-state index contributed by atoms with van der Waals surface area (Å²) >= 11 is 0. The number of ketones is 1. The van der Waals surface area contributed by atoms with Gasteiger partial charge < -0.3 is 5.32 Å². The predicted octanol–water partition coefficient (Wildman–Crippen LogP) is 2.64. The van der Waals surface area contributed by atoms with Crippen LogP contribution in [0.15, 0.2) is 24.3 Å². The molecule has 0 saturated heterocycles. The van der Waals surface area contributed by atoms with Crippen molar-refractivity contribution in [3.8, 4) is 0 Å². The Kier molecular flexibility index (Phi) is 2.76. The molecule has 1 aromatic carbocycles. The molecule has 0 radical (unpaired) electrons. The highest BCUT2D eigenvalue weighted by atomic mass is 16.1. The Labute approximate surface area is 90.7 Å². The fraction of sp³-hybridized carbons (Fsp3) is 0.462. The number of para-hydroxylation sites is 1. The minimum absolute atomic E-state index is 0.0138. The van der Waals surface area contributed by atoms with E-state index in [1.165, 1.54) is 5.56 Å². The number of Topliss-reactive ketones (excluding diaryl/α,β-unsaturated/α-hetero) is 1. The van der Waals surface area contributed by atoms with Crippen molar-refractivity contribution in [1.82, 2.24) is 0 Å². The maximum Gasteiger partial charge on any atom is 0.157 e. The monoisotopic (exact) mass is 203 g/mol. The minimum atomic E-state index is 0.0138. The van der Waals surface area contributed by atoms with E-state index in [-0.39, 0.29) is 12.0 Å². The second-order valence-corrected chi connectivity index (χ2v) is 4.45. The largest absolute Gasteiger partial charge is 0.375 e. The van der Waals surface area contributed by atoms with Crippen molar-refractivity contribution in [3.63, 3.8) is 0 Å². The molecule has 15 heavy (non-hydrogen) atoms. The third kappa shape index (κ3) is 2.04. The quantitative estimate of drug-likeness (QED) is 0.800. The molecular formula is C13H17NO. The number of nitrogens with one attached hydrogen (secondary N) is 1.